The molecule has 200 valence electrons. The summed E-state index contributed by atoms with van der Waals surface area (Å²) in [6, 6.07) is 22.4. The number of esters is 1. The first-order chi connectivity index (χ1) is 19.3. The summed E-state index contributed by atoms with van der Waals surface area (Å²) in [4.78, 5) is 49.9. The Hall–Kier alpha value is -4.94. The summed E-state index contributed by atoms with van der Waals surface area (Å²) in [5.41, 5.74) is 2.59. The fourth-order valence-electron chi connectivity index (χ4n) is 3.31. The molecule has 12 heteroatoms. The molecule has 0 saturated carbocycles. The first kappa shape index (κ1) is 28.1. The van der Waals surface area contributed by atoms with Crippen molar-refractivity contribution in [3.05, 3.63) is 132 Å². The molecular formula is C28H19BrN4O6S. The lowest BCUT2D eigenvalue weighted by molar-refractivity contribution is -0.385. The maximum atomic E-state index is 13.0. The Morgan fingerprint density at radius 3 is 2.25 bits per heavy atom. The van der Waals surface area contributed by atoms with Gasteiger partial charge in [-0.05, 0) is 57.7 Å². The molecule has 0 saturated heterocycles. The topological polar surface area (TPSA) is 140 Å². The first-order valence-electron chi connectivity index (χ1n) is 11.5. The number of amides is 2. The Bertz CT molecular complexity index is 1610. The molecule has 2 amide bonds. The summed E-state index contributed by atoms with van der Waals surface area (Å²) >= 11 is 4.57. The standard InChI is InChI=1S/C28H19BrN4O6S/c29-23-15-21(33(37)38)14-20(25(23)39-28(36)19-10-5-2-6-11-19)17-30-32-27(35)24(16-22-12-7-13-40-22)31-26(34)18-8-3-1-4-9-18/h1-17H,(H,31,34)(H,32,35). The van der Waals surface area contributed by atoms with Crippen molar-refractivity contribution in [1.29, 1.82) is 0 Å². The third-order valence-electron chi connectivity index (χ3n) is 5.20. The molecule has 0 fully saturated rings. The number of hydrogen-bond acceptors (Lipinski definition) is 8. The predicted molar refractivity (Wildman–Crippen MR) is 154 cm³/mol. The molecule has 0 atom stereocenters. The number of carbonyl (C=O) groups is 3. The van der Waals surface area contributed by atoms with Crippen LogP contribution in [0.2, 0.25) is 0 Å². The number of nitrogens with zero attached hydrogens (tertiary/aromatic N) is 2. The Morgan fingerprint density at radius 2 is 1.62 bits per heavy atom. The molecular weight excluding hydrogens is 600 g/mol. The molecule has 2 N–H and O–H groups in total. The van der Waals surface area contributed by atoms with Crippen LogP contribution in [0.1, 0.15) is 31.2 Å². The second-order valence-electron chi connectivity index (χ2n) is 7.95. The zero-order valence-electron chi connectivity index (χ0n) is 20.4. The van der Waals surface area contributed by atoms with E-state index in [0.29, 0.717) is 10.4 Å². The maximum Gasteiger partial charge on any atom is 0.343 e. The number of ether oxygens (including phenoxy) is 1. The molecule has 0 spiro atoms. The summed E-state index contributed by atoms with van der Waals surface area (Å²) in [7, 11) is 0. The Kier molecular flexibility index (Phi) is 9.28. The number of hydrogen-bond donors (Lipinski definition) is 2. The van der Waals surface area contributed by atoms with Crippen LogP contribution in [0.4, 0.5) is 5.69 Å². The highest BCUT2D eigenvalue weighted by Gasteiger charge is 2.20. The van der Waals surface area contributed by atoms with Gasteiger partial charge in [0.05, 0.1) is 21.2 Å². The number of non-ortho nitro benzene ring substituents is 1. The van der Waals surface area contributed by atoms with Crippen molar-refractivity contribution in [2.24, 2.45) is 5.10 Å². The largest absolute Gasteiger partial charge is 0.421 e. The fraction of sp³-hybridized carbons (Fsp3) is 0. The number of nitrogens with one attached hydrogen (secondary N) is 2. The van der Waals surface area contributed by atoms with Gasteiger partial charge in [0.1, 0.15) is 5.70 Å². The van der Waals surface area contributed by atoms with Crippen LogP contribution in [-0.2, 0) is 4.79 Å². The van der Waals surface area contributed by atoms with Gasteiger partial charge in [-0.25, -0.2) is 10.2 Å². The number of carbonyl (C=O) groups excluding carboxylic acids is 3. The predicted octanol–water partition coefficient (Wildman–Crippen LogP) is 5.56. The quantitative estimate of drug-likeness (QED) is 0.0628. The summed E-state index contributed by atoms with van der Waals surface area (Å²) in [6.07, 6.45) is 2.60. The lowest BCUT2D eigenvalue weighted by Crippen LogP contribution is -2.32. The van der Waals surface area contributed by atoms with Gasteiger partial charge in [-0.1, -0.05) is 42.5 Å². The summed E-state index contributed by atoms with van der Waals surface area (Å²) in [5.74, 6) is -1.98. The maximum absolute atomic E-state index is 13.0. The third kappa shape index (κ3) is 7.34. The Morgan fingerprint density at radius 1 is 0.950 bits per heavy atom. The zero-order valence-corrected chi connectivity index (χ0v) is 22.8. The molecule has 0 aliphatic rings. The van der Waals surface area contributed by atoms with Crippen LogP contribution in [0.25, 0.3) is 6.08 Å². The van der Waals surface area contributed by atoms with E-state index >= 15 is 0 Å². The van der Waals surface area contributed by atoms with Gasteiger partial charge in [0.15, 0.2) is 5.75 Å². The van der Waals surface area contributed by atoms with Crippen LogP contribution in [0, 0.1) is 10.1 Å². The number of rotatable bonds is 9. The van der Waals surface area contributed by atoms with Crippen LogP contribution in [-0.4, -0.2) is 28.9 Å². The van der Waals surface area contributed by atoms with E-state index in [0.717, 1.165) is 12.3 Å². The molecule has 10 nitrogen and oxygen atoms in total. The lowest BCUT2D eigenvalue weighted by Gasteiger charge is -2.10. The highest BCUT2D eigenvalue weighted by molar-refractivity contribution is 9.10. The Labute approximate surface area is 240 Å². The van der Waals surface area contributed by atoms with Gasteiger partial charge in [-0.2, -0.15) is 5.10 Å². The third-order valence-corrected chi connectivity index (χ3v) is 6.61. The SMILES string of the molecule is O=C(NN=Cc1cc([N+](=O)[O-])cc(Br)c1OC(=O)c1ccccc1)C(=Cc1cccs1)NC(=O)c1ccccc1. The van der Waals surface area contributed by atoms with Gasteiger partial charge in [0, 0.05) is 28.1 Å². The van der Waals surface area contributed by atoms with Gasteiger partial charge in [-0.15, -0.1) is 11.3 Å². The van der Waals surface area contributed by atoms with Crippen molar-refractivity contribution in [2.75, 3.05) is 0 Å². The average Bonchev–Trinajstić information content (AvgIpc) is 3.48. The lowest BCUT2D eigenvalue weighted by atomic mass is 10.2. The second kappa shape index (κ2) is 13.2. The van der Waals surface area contributed by atoms with Crippen LogP contribution in [0.5, 0.6) is 5.75 Å². The van der Waals surface area contributed by atoms with E-state index in [1.165, 1.54) is 23.5 Å². The molecule has 0 unspecified atom stereocenters. The molecule has 1 heterocycles. The molecule has 4 rings (SSSR count). The molecule has 3 aromatic carbocycles. The number of nitro benzene ring substituents is 1. The molecule has 40 heavy (non-hydrogen) atoms. The summed E-state index contributed by atoms with van der Waals surface area (Å²) in [6.45, 7) is 0. The van der Waals surface area contributed by atoms with Gasteiger partial charge >= 0.3 is 5.97 Å². The molecule has 1 aromatic heterocycles. The van der Waals surface area contributed by atoms with Crippen LogP contribution in [0.15, 0.2) is 106 Å². The summed E-state index contributed by atoms with van der Waals surface area (Å²) in [5, 5.41) is 19.7. The zero-order chi connectivity index (χ0) is 28.5. The van der Waals surface area contributed by atoms with E-state index in [-0.39, 0.29) is 32.7 Å². The molecule has 0 aliphatic carbocycles. The van der Waals surface area contributed by atoms with E-state index in [2.05, 4.69) is 31.8 Å². The van der Waals surface area contributed by atoms with Crippen LogP contribution < -0.4 is 15.5 Å². The van der Waals surface area contributed by atoms with Gasteiger partial charge < -0.3 is 10.1 Å². The monoisotopic (exact) mass is 618 g/mol. The first-order valence-corrected chi connectivity index (χ1v) is 13.2. The second-order valence-corrected chi connectivity index (χ2v) is 9.78. The highest BCUT2D eigenvalue weighted by atomic mass is 79.9. The molecule has 4 aromatic rings. The van der Waals surface area contributed by atoms with E-state index < -0.39 is 22.7 Å². The smallest absolute Gasteiger partial charge is 0.343 e. The minimum absolute atomic E-state index is 0.0378. The van der Waals surface area contributed by atoms with E-state index in [9.17, 15) is 24.5 Å². The van der Waals surface area contributed by atoms with Crippen molar-refractivity contribution < 1.29 is 24.0 Å². The number of halogens is 1. The number of hydrazone groups is 1. The molecule has 0 radical (unpaired) electrons. The van der Waals surface area contributed by atoms with Crippen molar-refractivity contribution in [1.82, 2.24) is 10.7 Å². The van der Waals surface area contributed by atoms with Crippen molar-refractivity contribution >= 4 is 63.0 Å². The minimum Gasteiger partial charge on any atom is -0.421 e. The van der Waals surface area contributed by atoms with Gasteiger partial charge in [0.25, 0.3) is 17.5 Å². The normalized spacial score (nSPS) is 11.2. The molecule has 0 bridgehead atoms. The van der Waals surface area contributed by atoms with E-state index in [1.807, 2.05) is 5.38 Å². The average molecular weight is 619 g/mol. The highest BCUT2D eigenvalue weighted by Crippen LogP contribution is 2.33. The van der Waals surface area contributed by atoms with Crippen molar-refractivity contribution in [2.45, 2.75) is 0 Å². The van der Waals surface area contributed by atoms with Crippen LogP contribution in [0.3, 0.4) is 0 Å². The number of thiophene rings is 1. The van der Waals surface area contributed by atoms with E-state index in [4.69, 9.17) is 4.74 Å². The minimum atomic E-state index is -0.749. The van der Waals surface area contributed by atoms with Gasteiger partial charge in [-0.3, -0.25) is 19.7 Å². The number of nitro groups is 1. The van der Waals surface area contributed by atoms with Gasteiger partial charge in [0.2, 0.25) is 0 Å². The number of benzene rings is 3. The van der Waals surface area contributed by atoms with Crippen LogP contribution >= 0.6 is 27.3 Å². The van der Waals surface area contributed by atoms with Crippen molar-refractivity contribution in [3.8, 4) is 5.75 Å². The van der Waals surface area contributed by atoms with E-state index in [1.54, 1.807) is 72.8 Å². The molecule has 0 aliphatic heterocycles. The fourth-order valence-corrected chi connectivity index (χ4v) is 4.52. The Balaban J connectivity index is 1.58. The summed E-state index contributed by atoms with van der Waals surface area (Å²) < 4.78 is 5.63. The van der Waals surface area contributed by atoms with Crippen molar-refractivity contribution in [3.63, 3.8) is 0 Å².